The molecule has 0 saturated carbocycles. The van der Waals surface area contributed by atoms with Crippen LogP contribution in [0, 0.1) is 5.41 Å². The first-order chi connectivity index (χ1) is 11.5. The van der Waals surface area contributed by atoms with E-state index in [1.54, 1.807) is 0 Å². The number of likely N-dealkylation sites (tertiary alicyclic amines) is 1. The van der Waals surface area contributed by atoms with Crippen molar-refractivity contribution in [1.29, 1.82) is 0 Å². The number of carbonyl (C=O) groups excluding carboxylic acids is 2. The van der Waals surface area contributed by atoms with Gasteiger partial charge in [0.1, 0.15) is 0 Å². The standard InChI is InChI=1S/C18H26N2O4S/c1-18(2,3)17(22)20-11-9-14(10-12-20)19-16(21)13-5-7-15(8-6-13)25(4,23)24/h5-8,14H,9-12H2,1-4H3,(H,19,21). The van der Waals surface area contributed by atoms with E-state index in [4.69, 9.17) is 0 Å². The first-order valence-electron chi connectivity index (χ1n) is 8.39. The maximum absolute atomic E-state index is 12.3. The maximum atomic E-state index is 12.3. The van der Waals surface area contributed by atoms with Crippen LogP contribution in [-0.2, 0) is 14.6 Å². The quantitative estimate of drug-likeness (QED) is 0.885. The molecule has 1 fully saturated rings. The Morgan fingerprint density at radius 3 is 2.04 bits per heavy atom. The van der Waals surface area contributed by atoms with Crippen LogP contribution in [0.4, 0.5) is 0 Å². The van der Waals surface area contributed by atoms with Gasteiger partial charge in [0.05, 0.1) is 4.90 Å². The van der Waals surface area contributed by atoms with Gasteiger partial charge in [0.25, 0.3) is 5.91 Å². The molecule has 1 saturated heterocycles. The molecule has 1 aliphatic rings. The highest BCUT2D eigenvalue weighted by Gasteiger charge is 2.30. The average Bonchev–Trinajstić information content (AvgIpc) is 2.53. The number of hydrogen-bond donors (Lipinski definition) is 1. The monoisotopic (exact) mass is 366 g/mol. The van der Waals surface area contributed by atoms with Crippen molar-refractivity contribution in [2.24, 2.45) is 5.41 Å². The molecule has 1 aromatic rings. The summed E-state index contributed by atoms with van der Waals surface area (Å²) in [5.41, 5.74) is 0.0397. The summed E-state index contributed by atoms with van der Waals surface area (Å²) in [6, 6.07) is 5.93. The van der Waals surface area contributed by atoms with Gasteiger partial charge in [0.2, 0.25) is 5.91 Å². The van der Waals surface area contributed by atoms with Crippen molar-refractivity contribution in [3.05, 3.63) is 29.8 Å². The number of carbonyl (C=O) groups is 2. The summed E-state index contributed by atoms with van der Waals surface area (Å²) in [7, 11) is -3.27. The number of piperidine rings is 1. The summed E-state index contributed by atoms with van der Waals surface area (Å²) in [4.78, 5) is 26.6. The van der Waals surface area contributed by atoms with Crippen molar-refractivity contribution in [3.63, 3.8) is 0 Å². The molecule has 1 aliphatic heterocycles. The lowest BCUT2D eigenvalue weighted by Crippen LogP contribution is -2.49. The Kier molecular flexibility index (Phi) is 5.56. The molecule has 0 atom stereocenters. The fourth-order valence-electron chi connectivity index (χ4n) is 2.82. The molecule has 0 bridgehead atoms. The molecule has 1 heterocycles. The average molecular weight is 366 g/mol. The van der Waals surface area contributed by atoms with Crippen LogP contribution in [0.5, 0.6) is 0 Å². The lowest BCUT2D eigenvalue weighted by molar-refractivity contribution is -0.140. The maximum Gasteiger partial charge on any atom is 0.251 e. The Morgan fingerprint density at radius 1 is 1.08 bits per heavy atom. The van der Waals surface area contributed by atoms with Gasteiger partial charge in [-0.05, 0) is 37.1 Å². The van der Waals surface area contributed by atoms with Gasteiger partial charge in [-0.3, -0.25) is 9.59 Å². The van der Waals surface area contributed by atoms with Gasteiger partial charge in [-0.2, -0.15) is 0 Å². The highest BCUT2D eigenvalue weighted by molar-refractivity contribution is 7.90. The molecule has 2 rings (SSSR count). The van der Waals surface area contributed by atoms with Crippen LogP contribution in [-0.4, -0.2) is 50.5 Å². The minimum Gasteiger partial charge on any atom is -0.349 e. The lowest BCUT2D eigenvalue weighted by atomic mass is 9.93. The van der Waals surface area contributed by atoms with Gasteiger partial charge in [-0.1, -0.05) is 20.8 Å². The Labute approximate surface area is 149 Å². The number of rotatable bonds is 3. The highest BCUT2D eigenvalue weighted by Crippen LogP contribution is 2.21. The third-order valence-corrected chi connectivity index (χ3v) is 5.43. The normalized spacial score (nSPS) is 16.6. The van der Waals surface area contributed by atoms with Crippen molar-refractivity contribution in [1.82, 2.24) is 10.2 Å². The molecular weight excluding hydrogens is 340 g/mol. The zero-order valence-electron chi connectivity index (χ0n) is 15.2. The highest BCUT2D eigenvalue weighted by atomic mass is 32.2. The summed E-state index contributed by atoms with van der Waals surface area (Å²) < 4.78 is 22.9. The van der Waals surface area contributed by atoms with Crippen LogP contribution >= 0.6 is 0 Å². The zero-order valence-corrected chi connectivity index (χ0v) is 16.0. The molecule has 0 spiro atoms. The predicted octanol–water partition coefficient (Wildman–Crippen LogP) is 1.86. The van der Waals surface area contributed by atoms with E-state index in [2.05, 4.69) is 5.32 Å². The molecule has 7 heteroatoms. The number of hydrogen-bond acceptors (Lipinski definition) is 4. The van der Waals surface area contributed by atoms with E-state index in [1.807, 2.05) is 25.7 Å². The van der Waals surface area contributed by atoms with Gasteiger partial charge in [-0.15, -0.1) is 0 Å². The van der Waals surface area contributed by atoms with Crippen LogP contribution in [0.3, 0.4) is 0 Å². The molecule has 2 amide bonds. The molecule has 0 aromatic heterocycles. The van der Waals surface area contributed by atoms with Crippen molar-refractivity contribution < 1.29 is 18.0 Å². The molecule has 1 aromatic carbocycles. The van der Waals surface area contributed by atoms with E-state index in [0.29, 0.717) is 18.7 Å². The summed E-state index contributed by atoms with van der Waals surface area (Å²) >= 11 is 0. The molecule has 6 nitrogen and oxygen atoms in total. The topological polar surface area (TPSA) is 83.6 Å². The number of nitrogens with one attached hydrogen (secondary N) is 1. The minimum absolute atomic E-state index is 0.0195. The smallest absolute Gasteiger partial charge is 0.251 e. The molecule has 138 valence electrons. The zero-order chi connectivity index (χ0) is 18.8. The molecule has 25 heavy (non-hydrogen) atoms. The number of amides is 2. The Morgan fingerprint density at radius 2 is 1.60 bits per heavy atom. The predicted molar refractivity (Wildman–Crippen MR) is 96.1 cm³/mol. The van der Waals surface area contributed by atoms with Crippen LogP contribution in [0.1, 0.15) is 44.0 Å². The number of benzene rings is 1. The van der Waals surface area contributed by atoms with Gasteiger partial charge < -0.3 is 10.2 Å². The fraction of sp³-hybridized carbons (Fsp3) is 0.556. The van der Waals surface area contributed by atoms with Crippen molar-refractivity contribution in [2.75, 3.05) is 19.3 Å². The van der Waals surface area contributed by atoms with E-state index in [0.717, 1.165) is 19.1 Å². The number of sulfone groups is 1. The van der Waals surface area contributed by atoms with Gasteiger partial charge in [-0.25, -0.2) is 8.42 Å². The molecule has 0 radical (unpaired) electrons. The van der Waals surface area contributed by atoms with E-state index in [1.165, 1.54) is 24.3 Å². The second-order valence-electron chi connectivity index (χ2n) is 7.59. The Balaban J connectivity index is 1.91. The van der Waals surface area contributed by atoms with E-state index < -0.39 is 15.3 Å². The van der Waals surface area contributed by atoms with Crippen LogP contribution in [0.25, 0.3) is 0 Å². The summed E-state index contributed by atoms with van der Waals surface area (Å²) in [5.74, 6) is -0.0886. The Bertz CT molecular complexity index is 740. The Hall–Kier alpha value is -1.89. The largest absolute Gasteiger partial charge is 0.349 e. The summed E-state index contributed by atoms with van der Waals surface area (Å²) in [5, 5.41) is 2.97. The van der Waals surface area contributed by atoms with Gasteiger partial charge in [0.15, 0.2) is 9.84 Å². The number of nitrogens with zero attached hydrogens (tertiary/aromatic N) is 1. The van der Waals surface area contributed by atoms with E-state index in [9.17, 15) is 18.0 Å². The molecular formula is C18H26N2O4S. The fourth-order valence-corrected chi connectivity index (χ4v) is 3.45. The van der Waals surface area contributed by atoms with Crippen LogP contribution in [0.2, 0.25) is 0 Å². The lowest BCUT2D eigenvalue weighted by Gasteiger charge is -2.36. The SMILES string of the molecule is CC(C)(C)C(=O)N1CCC(NC(=O)c2ccc(S(C)(=O)=O)cc2)CC1. The molecule has 0 unspecified atom stereocenters. The van der Waals surface area contributed by atoms with Crippen molar-refractivity contribution >= 4 is 21.7 Å². The first kappa shape index (κ1) is 19.4. The molecule has 0 aliphatic carbocycles. The van der Waals surface area contributed by atoms with Crippen molar-refractivity contribution in [2.45, 2.75) is 44.6 Å². The van der Waals surface area contributed by atoms with Gasteiger partial charge >= 0.3 is 0 Å². The second kappa shape index (κ2) is 7.15. The summed E-state index contributed by atoms with van der Waals surface area (Å²) in [6.07, 6.45) is 2.57. The molecule has 1 N–H and O–H groups in total. The third-order valence-electron chi connectivity index (χ3n) is 4.30. The van der Waals surface area contributed by atoms with Gasteiger partial charge in [0, 0.05) is 36.4 Å². The second-order valence-corrected chi connectivity index (χ2v) is 9.60. The first-order valence-corrected chi connectivity index (χ1v) is 10.3. The van der Waals surface area contributed by atoms with Crippen LogP contribution < -0.4 is 5.32 Å². The van der Waals surface area contributed by atoms with E-state index >= 15 is 0 Å². The minimum atomic E-state index is -3.27. The third kappa shape index (κ3) is 5.04. The van der Waals surface area contributed by atoms with Crippen molar-refractivity contribution in [3.8, 4) is 0 Å². The van der Waals surface area contributed by atoms with Crippen LogP contribution in [0.15, 0.2) is 29.2 Å². The van der Waals surface area contributed by atoms with E-state index in [-0.39, 0.29) is 22.8 Å². The summed E-state index contributed by atoms with van der Waals surface area (Å²) in [6.45, 7) is 6.98.